The van der Waals surface area contributed by atoms with E-state index in [1.807, 2.05) is 4.31 Å². The number of fused-ring (bicyclic) bond motifs is 1. The van der Waals surface area contributed by atoms with Gasteiger partial charge in [0.1, 0.15) is 0 Å². The molecule has 3 nitrogen and oxygen atoms in total. The van der Waals surface area contributed by atoms with Crippen molar-refractivity contribution < 1.29 is 4.21 Å². The summed E-state index contributed by atoms with van der Waals surface area (Å²) in [6.45, 7) is 3.64. The minimum absolute atomic E-state index is 0.715. The SMILES string of the molecule is C=S(C)(=O)N1CC=C(c2c[nH]c3ccc(C)cc23)CC1. The summed E-state index contributed by atoms with van der Waals surface area (Å²) < 4.78 is 13.9. The summed E-state index contributed by atoms with van der Waals surface area (Å²) in [6.07, 6.45) is 6.89. The normalized spacial score (nSPS) is 19.8. The van der Waals surface area contributed by atoms with Crippen LogP contribution in [0.1, 0.15) is 17.5 Å². The van der Waals surface area contributed by atoms with Gasteiger partial charge >= 0.3 is 0 Å². The van der Waals surface area contributed by atoms with Gasteiger partial charge in [0.05, 0.1) is 0 Å². The predicted molar refractivity (Wildman–Crippen MR) is 88.4 cm³/mol. The summed E-state index contributed by atoms with van der Waals surface area (Å²) in [5, 5.41) is 1.27. The number of rotatable bonds is 2. The van der Waals surface area contributed by atoms with Crippen molar-refractivity contribution in [3.8, 4) is 0 Å². The lowest BCUT2D eigenvalue weighted by Crippen LogP contribution is -2.33. The van der Waals surface area contributed by atoms with Crippen molar-refractivity contribution in [1.29, 1.82) is 0 Å². The quantitative estimate of drug-likeness (QED) is 0.848. The van der Waals surface area contributed by atoms with Crippen molar-refractivity contribution in [2.75, 3.05) is 19.3 Å². The van der Waals surface area contributed by atoms with Gasteiger partial charge in [0.15, 0.2) is 0 Å². The fourth-order valence-corrected chi connectivity index (χ4v) is 3.61. The first-order valence-electron chi connectivity index (χ1n) is 6.79. The molecule has 1 aromatic carbocycles. The highest BCUT2D eigenvalue weighted by atomic mass is 32.2. The fourth-order valence-electron chi connectivity index (χ4n) is 2.75. The van der Waals surface area contributed by atoms with E-state index in [9.17, 15) is 4.21 Å². The molecule has 0 amide bonds. The first kappa shape index (κ1) is 13.5. The Kier molecular flexibility index (Phi) is 3.22. The summed E-state index contributed by atoms with van der Waals surface area (Å²) in [5.41, 5.74) is 5.05. The molecule has 1 aliphatic rings. The number of aromatic amines is 1. The molecular formula is C16H20N2OS. The maximum atomic E-state index is 12.0. The van der Waals surface area contributed by atoms with Gasteiger partial charge in [-0.25, -0.2) is 4.31 Å². The van der Waals surface area contributed by atoms with Crippen LogP contribution in [0, 0.1) is 6.92 Å². The Morgan fingerprint density at radius 2 is 2.20 bits per heavy atom. The van der Waals surface area contributed by atoms with Crippen molar-refractivity contribution in [2.24, 2.45) is 0 Å². The smallest absolute Gasteiger partial charge is 0.0460 e. The lowest BCUT2D eigenvalue weighted by atomic mass is 9.99. The van der Waals surface area contributed by atoms with Crippen LogP contribution in [-0.4, -0.2) is 38.7 Å². The third kappa shape index (κ3) is 2.41. The van der Waals surface area contributed by atoms with Gasteiger partial charge in [-0.3, -0.25) is 4.21 Å². The zero-order valence-corrected chi connectivity index (χ0v) is 12.8. The molecule has 0 fully saturated rings. The molecule has 4 heteroatoms. The summed E-state index contributed by atoms with van der Waals surface area (Å²) in [7, 11) is -2.09. The highest BCUT2D eigenvalue weighted by Gasteiger charge is 2.18. The molecule has 0 radical (unpaired) electrons. The van der Waals surface area contributed by atoms with Crippen LogP contribution in [0.3, 0.4) is 0 Å². The second-order valence-corrected chi connectivity index (χ2v) is 8.01. The van der Waals surface area contributed by atoms with E-state index >= 15 is 0 Å². The molecule has 0 bridgehead atoms. The third-order valence-electron chi connectivity index (χ3n) is 3.90. The zero-order chi connectivity index (χ0) is 14.3. The van der Waals surface area contributed by atoms with E-state index in [1.165, 1.54) is 27.6 Å². The van der Waals surface area contributed by atoms with Gasteiger partial charge in [-0.15, -0.1) is 0 Å². The van der Waals surface area contributed by atoms with E-state index < -0.39 is 9.71 Å². The van der Waals surface area contributed by atoms with Crippen LogP contribution in [0.5, 0.6) is 0 Å². The van der Waals surface area contributed by atoms with Crippen LogP contribution in [0.15, 0.2) is 30.5 Å². The highest BCUT2D eigenvalue weighted by molar-refractivity contribution is 7.97. The second-order valence-electron chi connectivity index (χ2n) is 5.58. The minimum atomic E-state index is -2.09. The molecule has 1 aromatic heterocycles. The molecule has 20 heavy (non-hydrogen) atoms. The van der Waals surface area contributed by atoms with E-state index in [1.54, 1.807) is 6.26 Å². The van der Waals surface area contributed by atoms with Gasteiger partial charge in [-0.1, -0.05) is 17.7 Å². The number of nitrogens with zero attached hydrogens (tertiary/aromatic N) is 1. The van der Waals surface area contributed by atoms with Gasteiger partial charge in [0.25, 0.3) is 0 Å². The van der Waals surface area contributed by atoms with Crippen molar-refractivity contribution in [3.63, 3.8) is 0 Å². The van der Waals surface area contributed by atoms with Crippen molar-refractivity contribution in [1.82, 2.24) is 9.29 Å². The number of aromatic nitrogens is 1. The molecule has 0 saturated heterocycles. The highest BCUT2D eigenvalue weighted by Crippen LogP contribution is 2.30. The number of hydrogen-bond donors (Lipinski definition) is 1. The van der Waals surface area contributed by atoms with Gasteiger partial charge < -0.3 is 4.98 Å². The number of hydrogen-bond acceptors (Lipinski definition) is 1. The van der Waals surface area contributed by atoms with E-state index in [4.69, 9.17) is 0 Å². The molecule has 0 spiro atoms. The van der Waals surface area contributed by atoms with Crippen molar-refractivity contribution in [2.45, 2.75) is 13.3 Å². The Hall–Kier alpha value is -1.52. The average Bonchev–Trinajstić information content (AvgIpc) is 2.81. The first-order chi connectivity index (χ1) is 9.45. The Morgan fingerprint density at radius 1 is 1.40 bits per heavy atom. The first-order valence-corrected chi connectivity index (χ1v) is 8.89. The Labute approximate surface area is 120 Å². The van der Waals surface area contributed by atoms with Crippen LogP contribution < -0.4 is 0 Å². The van der Waals surface area contributed by atoms with Crippen LogP contribution in [0.2, 0.25) is 0 Å². The molecule has 2 aromatic rings. The topological polar surface area (TPSA) is 36.1 Å². The summed E-state index contributed by atoms with van der Waals surface area (Å²) in [6, 6.07) is 6.46. The van der Waals surface area contributed by atoms with E-state index in [0.717, 1.165) is 13.0 Å². The zero-order valence-electron chi connectivity index (χ0n) is 12.0. The monoisotopic (exact) mass is 288 g/mol. The molecule has 1 aliphatic heterocycles. The van der Waals surface area contributed by atoms with Gasteiger partial charge in [0, 0.05) is 51.7 Å². The Balaban J connectivity index is 1.97. The van der Waals surface area contributed by atoms with Crippen molar-refractivity contribution >= 4 is 32.1 Å². The lowest BCUT2D eigenvalue weighted by Gasteiger charge is -2.27. The predicted octanol–water partition coefficient (Wildman–Crippen LogP) is 2.83. The maximum Gasteiger partial charge on any atom is 0.0460 e. The van der Waals surface area contributed by atoms with E-state index in [0.29, 0.717) is 6.54 Å². The molecule has 3 rings (SSSR count). The summed E-state index contributed by atoms with van der Waals surface area (Å²) in [5.74, 6) is 3.76. The van der Waals surface area contributed by atoms with Gasteiger partial charge in [-0.05, 0) is 36.9 Å². The number of benzene rings is 1. The molecular weight excluding hydrogens is 268 g/mol. The maximum absolute atomic E-state index is 12.0. The van der Waals surface area contributed by atoms with E-state index in [2.05, 4.69) is 48.3 Å². The van der Waals surface area contributed by atoms with Crippen LogP contribution in [0.4, 0.5) is 0 Å². The van der Waals surface area contributed by atoms with Crippen molar-refractivity contribution in [3.05, 3.63) is 41.6 Å². The molecule has 2 heterocycles. The largest absolute Gasteiger partial charge is 0.361 e. The summed E-state index contributed by atoms with van der Waals surface area (Å²) >= 11 is 0. The minimum Gasteiger partial charge on any atom is -0.361 e. The van der Waals surface area contributed by atoms with Crippen LogP contribution >= 0.6 is 0 Å². The number of aryl methyl sites for hydroxylation is 1. The molecule has 1 N–H and O–H groups in total. The standard InChI is InChI=1S/C16H20N2OS/c1-12-4-5-16-14(10-12)15(11-17-16)13-6-8-18(9-7-13)20(2,3)19/h4-6,10-11,17H,2,7-9H2,1,3H3. The second kappa shape index (κ2) is 4.79. The van der Waals surface area contributed by atoms with Crippen LogP contribution in [-0.2, 0) is 9.71 Å². The number of nitrogens with one attached hydrogen (secondary N) is 1. The molecule has 0 saturated carbocycles. The average molecular weight is 288 g/mol. The molecule has 0 aliphatic carbocycles. The lowest BCUT2D eigenvalue weighted by molar-refractivity contribution is 0.484. The molecule has 1 atom stereocenters. The molecule has 106 valence electrons. The van der Waals surface area contributed by atoms with Gasteiger partial charge in [-0.2, -0.15) is 0 Å². The fraction of sp³-hybridized carbons (Fsp3) is 0.312. The number of H-pyrrole nitrogens is 1. The Morgan fingerprint density at radius 3 is 2.85 bits per heavy atom. The molecule has 1 unspecified atom stereocenters. The third-order valence-corrected chi connectivity index (χ3v) is 5.33. The Bertz CT molecular complexity index is 784. The summed E-state index contributed by atoms with van der Waals surface area (Å²) in [4.78, 5) is 3.33. The van der Waals surface area contributed by atoms with Crippen LogP contribution in [0.25, 0.3) is 16.5 Å². The van der Waals surface area contributed by atoms with E-state index in [-0.39, 0.29) is 0 Å². The van der Waals surface area contributed by atoms with Gasteiger partial charge in [0.2, 0.25) is 0 Å².